The van der Waals surface area contributed by atoms with Crippen LogP contribution in [-0.2, 0) is 9.59 Å². The monoisotopic (exact) mass is 539 g/mol. The van der Waals surface area contributed by atoms with E-state index in [0.717, 1.165) is 10.0 Å². The second kappa shape index (κ2) is 12.5. The predicted molar refractivity (Wildman–Crippen MR) is 135 cm³/mol. The highest BCUT2D eigenvalue weighted by Gasteiger charge is 2.09. The first kappa shape index (κ1) is 24.9. The van der Waals surface area contributed by atoms with Crippen LogP contribution in [0.4, 0.5) is 0 Å². The number of ether oxygens (including phenoxy) is 1. The lowest BCUT2D eigenvalue weighted by Gasteiger charge is -2.07. The molecule has 9 heteroatoms. The van der Waals surface area contributed by atoms with Gasteiger partial charge in [-0.3, -0.25) is 9.59 Å². The summed E-state index contributed by atoms with van der Waals surface area (Å²) in [5, 5.41) is 6.78. The topological polar surface area (TPSA) is 96.9 Å². The van der Waals surface area contributed by atoms with E-state index in [-0.39, 0.29) is 12.3 Å². The van der Waals surface area contributed by atoms with Crippen LogP contribution >= 0.6 is 27.5 Å². The molecule has 3 aromatic carbocycles. The van der Waals surface area contributed by atoms with E-state index < -0.39 is 17.8 Å². The fourth-order valence-corrected chi connectivity index (χ4v) is 3.26. The summed E-state index contributed by atoms with van der Waals surface area (Å²) < 4.78 is 6.13. The molecule has 0 spiro atoms. The normalized spacial score (nSPS) is 10.9. The van der Waals surface area contributed by atoms with Gasteiger partial charge in [0.2, 0.25) is 0 Å². The second-order valence-corrected chi connectivity index (χ2v) is 8.19. The average Bonchev–Trinajstić information content (AvgIpc) is 2.83. The first-order chi connectivity index (χ1) is 16.4. The first-order valence-electron chi connectivity index (χ1n) is 10.0. The Labute approximate surface area is 209 Å². The van der Waals surface area contributed by atoms with E-state index in [1.807, 2.05) is 30.3 Å². The quantitative estimate of drug-likeness (QED) is 0.143. The van der Waals surface area contributed by atoms with Gasteiger partial charge < -0.3 is 10.1 Å². The van der Waals surface area contributed by atoms with E-state index >= 15 is 0 Å². The number of nitrogens with one attached hydrogen (secondary N) is 2. The summed E-state index contributed by atoms with van der Waals surface area (Å²) in [4.78, 5) is 36.3. The summed E-state index contributed by atoms with van der Waals surface area (Å²) in [6.07, 6.45) is 4.31. The van der Waals surface area contributed by atoms with Crippen molar-refractivity contribution in [3.05, 3.63) is 105 Å². The number of hydrazone groups is 1. The maximum absolute atomic E-state index is 12.2. The number of carbonyl (C=O) groups excluding carboxylic acids is 3. The molecule has 0 saturated carbocycles. The van der Waals surface area contributed by atoms with Crippen molar-refractivity contribution in [3.63, 3.8) is 0 Å². The van der Waals surface area contributed by atoms with Gasteiger partial charge in [-0.15, -0.1) is 0 Å². The van der Waals surface area contributed by atoms with Crippen LogP contribution in [0.1, 0.15) is 21.5 Å². The Morgan fingerprint density at radius 2 is 1.79 bits per heavy atom. The van der Waals surface area contributed by atoms with Gasteiger partial charge in [0.15, 0.2) is 0 Å². The molecule has 0 radical (unpaired) electrons. The second-order valence-electron chi connectivity index (χ2n) is 6.83. The minimum atomic E-state index is -0.561. The molecule has 0 bridgehead atoms. The Hall–Kier alpha value is -3.75. The summed E-state index contributed by atoms with van der Waals surface area (Å²) in [7, 11) is 0. The molecule has 0 saturated heterocycles. The average molecular weight is 541 g/mol. The Morgan fingerprint density at radius 1 is 1.00 bits per heavy atom. The number of esters is 1. The SMILES string of the molecule is O=C(CNC(=O)c1cccc(Cl)c1)NN=Cc1cc(Br)ccc1OC(=O)C=Cc1ccccc1. The van der Waals surface area contributed by atoms with Gasteiger partial charge in [0, 0.05) is 26.7 Å². The molecule has 3 aromatic rings. The molecule has 0 heterocycles. The van der Waals surface area contributed by atoms with Crippen molar-refractivity contribution in [1.29, 1.82) is 0 Å². The highest BCUT2D eigenvalue weighted by molar-refractivity contribution is 9.10. The first-order valence-corrected chi connectivity index (χ1v) is 11.2. The molecule has 7 nitrogen and oxygen atoms in total. The molecule has 0 aromatic heterocycles. The van der Waals surface area contributed by atoms with E-state index in [1.54, 1.807) is 42.5 Å². The number of nitrogens with zero attached hydrogens (tertiary/aromatic N) is 1. The van der Waals surface area contributed by atoms with Crippen LogP contribution in [0.15, 0.2) is 88.4 Å². The molecule has 3 rings (SSSR count). The van der Waals surface area contributed by atoms with Crippen molar-refractivity contribution in [3.8, 4) is 5.75 Å². The van der Waals surface area contributed by atoms with Gasteiger partial charge in [0.25, 0.3) is 11.8 Å². The van der Waals surface area contributed by atoms with Crippen molar-refractivity contribution in [1.82, 2.24) is 10.7 Å². The molecule has 0 aliphatic rings. The maximum Gasteiger partial charge on any atom is 0.336 e. The summed E-state index contributed by atoms with van der Waals surface area (Å²) in [6, 6.07) is 20.7. The van der Waals surface area contributed by atoms with E-state index in [9.17, 15) is 14.4 Å². The van der Waals surface area contributed by atoms with E-state index in [0.29, 0.717) is 16.1 Å². The third-order valence-corrected chi connectivity index (χ3v) is 5.01. The highest BCUT2D eigenvalue weighted by atomic mass is 79.9. The van der Waals surface area contributed by atoms with Crippen molar-refractivity contribution in [2.45, 2.75) is 0 Å². The molecule has 172 valence electrons. The minimum absolute atomic E-state index is 0.262. The lowest BCUT2D eigenvalue weighted by atomic mass is 10.2. The lowest BCUT2D eigenvalue weighted by Crippen LogP contribution is -2.34. The number of rotatable bonds is 8. The Bertz CT molecular complexity index is 1250. The number of hydrogen-bond acceptors (Lipinski definition) is 5. The largest absolute Gasteiger partial charge is 0.423 e. The van der Waals surface area contributed by atoms with Gasteiger partial charge in [-0.25, -0.2) is 10.2 Å². The molecule has 0 atom stereocenters. The third-order valence-electron chi connectivity index (χ3n) is 4.28. The summed E-state index contributed by atoms with van der Waals surface area (Å²) in [6.45, 7) is -0.284. The van der Waals surface area contributed by atoms with Gasteiger partial charge in [0.05, 0.1) is 12.8 Å². The standard InChI is InChI=1S/C25H19BrClN3O4/c26-20-10-11-22(34-24(32)12-9-17-5-2-1-3-6-17)19(13-20)15-29-30-23(31)16-28-25(33)18-7-4-8-21(27)14-18/h1-15H,16H2,(H,28,33)(H,30,31). The zero-order valence-electron chi connectivity index (χ0n) is 17.7. The number of amides is 2. The predicted octanol–water partition coefficient (Wildman–Crippen LogP) is 4.60. The van der Waals surface area contributed by atoms with Gasteiger partial charge in [-0.2, -0.15) is 5.10 Å². The highest BCUT2D eigenvalue weighted by Crippen LogP contribution is 2.22. The van der Waals surface area contributed by atoms with Crippen LogP contribution in [0, 0.1) is 0 Å². The van der Waals surface area contributed by atoms with Crippen LogP contribution < -0.4 is 15.5 Å². The lowest BCUT2D eigenvalue weighted by molar-refractivity contribution is -0.129. The number of carbonyl (C=O) groups is 3. The van der Waals surface area contributed by atoms with Gasteiger partial charge in [-0.05, 0) is 48.0 Å². The van der Waals surface area contributed by atoms with Crippen molar-refractivity contribution >= 4 is 57.6 Å². The molecule has 2 N–H and O–H groups in total. The summed E-state index contributed by atoms with van der Waals surface area (Å²) in [5.41, 5.74) is 3.98. The van der Waals surface area contributed by atoms with Crippen LogP contribution in [0.25, 0.3) is 6.08 Å². The Balaban J connectivity index is 1.56. The zero-order chi connectivity index (χ0) is 24.3. The molecular formula is C25H19BrClN3O4. The molecule has 0 aliphatic heterocycles. The number of hydrogen-bond donors (Lipinski definition) is 2. The maximum atomic E-state index is 12.2. The molecule has 34 heavy (non-hydrogen) atoms. The minimum Gasteiger partial charge on any atom is -0.423 e. The van der Waals surface area contributed by atoms with Crippen LogP contribution in [0.3, 0.4) is 0 Å². The third kappa shape index (κ3) is 7.99. The zero-order valence-corrected chi connectivity index (χ0v) is 20.0. The summed E-state index contributed by atoms with van der Waals surface area (Å²) >= 11 is 9.21. The van der Waals surface area contributed by atoms with Crippen molar-refractivity contribution in [2.24, 2.45) is 5.10 Å². The van der Waals surface area contributed by atoms with Gasteiger partial charge in [-0.1, -0.05) is 63.9 Å². The molecule has 0 aliphatic carbocycles. The van der Waals surface area contributed by atoms with Crippen LogP contribution in [-0.4, -0.2) is 30.5 Å². The van der Waals surface area contributed by atoms with Gasteiger partial charge in [0.1, 0.15) is 5.75 Å². The van der Waals surface area contributed by atoms with Crippen LogP contribution in [0.2, 0.25) is 5.02 Å². The Kier molecular flexibility index (Phi) is 9.13. The number of benzene rings is 3. The number of halogens is 2. The van der Waals surface area contributed by atoms with Crippen molar-refractivity contribution < 1.29 is 19.1 Å². The van der Waals surface area contributed by atoms with E-state index in [4.69, 9.17) is 16.3 Å². The van der Waals surface area contributed by atoms with E-state index in [2.05, 4.69) is 31.8 Å². The molecular weight excluding hydrogens is 522 g/mol. The molecule has 0 unspecified atom stereocenters. The van der Waals surface area contributed by atoms with Crippen molar-refractivity contribution in [2.75, 3.05) is 6.54 Å². The fraction of sp³-hybridized carbons (Fsp3) is 0.0400. The van der Waals surface area contributed by atoms with Crippen LogP contribution in [0.5, 0.6) is 5.75 Å². The molecule has 2 amide bonds. The molecule has 0 fully saturated rings. The smallest absolute Gasteiger partial charge is 0.336 e. The Morgan fingerprint density at radius 3 is 2.56 bits per heavy atom. The fourth-order valence-electron chi connectivity index (χ4n) is 2.69. The van der Waals surface area contributed by atoms with Gasteiger partial charge >= 0.3 is 5.97 Å². The van der Waals surface area contributed by atoms with E-state index in [1.165, 1.54) is 18.4 Å². The summed E-state index contributed by atoms with van der Waals surface area (Å²) in [5.74, 6) is -1.27.